The van der Waals surface area contributed by atoms with Crippen molar-refractivity contribution in [3.8, 4) is 0 Å². The molecule has 0 bridgehead atoms. The van der Waals surface area contributed by atoms with Gasteiger partial charge in [0.1, 0.15) is 5.71 Å². The Labute approximate surface area is 107 Å². The van der Waals surface area contributed by atoms with Crippen LogP contribution in [-0.4, -0.2) is 22.5 Å². The summed E-state index contributed by atoms with van der Waals surface area (Å²) in [5.41, 5.74) is 0.604. The highest BCUT2D eigenvalue weighted by Crippen LogP contribution is 2.23. The topological polar surface area (TPSA) is 81.8 Å². The quantitative estimate of drug-likeness (QED) is 0.276. The van der Waals surface area contributed by atoms with E-state index in [-0.39, 0.29) is 22.9 Å². The molecule has 0 fully saturated rings. The number of alkyl halides is 1. The van der Waals surface area contributed by atoms with E-state index in [0.717, 1.165) is 0 Å². The number of halogens is 1. The van der Waals surface area contributed by atoms with Gasteiger partial charge >= 0.3 is 5.97 Å². The van der Waals surface area contributed by atoms with Crippen molar-refractivity contribution in [2.45, 2.75) is 0 Å². The van der Waals surface area contributed by atoms with Gasteiger partial charge in [-0.15, -0.1) is 11.6 Å². The van der Waals surface area contributed by atoms with Crippen LogP contribution in [0.1, 0.15) is 5.56 Å². The van der Waals surface area contributed by atoms with Gasteiger partial charge in [-0.3, -0.25) is 10.1 Å². The molecule has 0 aliphatic carbocycles. The van der Waals surface area contributed by atoms with Gasteiger partial charge in [0.25, 0.3) is 5.69 Å². The summed E-state index contributed by atoms with van der Waals surface area (Å²) in [5, 5.41) is 14.3. The van der Waals surface area contributed by atoms with Crippen LogP contribution in [0.5, 0.6) is 0 Å². The first kappa shape index (κ1) is 12.3. The molecule has 0 amide bonds. The van der Waals surface area contributed by atoms with Crippen LogP contribution in [0.2, 0.25) is 0 Å². The molecule has 0 radical (unpaired) electrons. The molecule has 1 aromatic rings. The van der Waals surface area contributed by atoms with E-state index >= 15 is 0 Å². The molecule has 1 aromatic carbocycles. The maximum absolute atomic E-state index is 11.4. The van der Waals surface area contributed by atoms with Crippen molar-refractivity contribution in [1.29, 1.82) is 0 Å². The third-order valence-electron chi connectivity index (χ3n) is 2.33. The molecule has 0 unspecified atom stereocenters. The number of para-hydroxylation sites is 1. The van der Waals surface area contributed by atoms with E-state index in [2.05, 4.69) is 9.99 Å². The number of carbonyl (C=O) groups is 1. The molecule has 1 aliphatic heterocycles. The van der Waals surface area contributed by atoms with E-state index in [1.165, 1.54) is 18.2 Å². The zero-order chi connectivity index (χ0) is 13.1. The van der Waals surface area contributed by atoms with Crippen molar-refractivity contribution in [1.82, 2.24) is 0 Å². The van der Waals surface area contributed by atoms with E-state index in [9.17, 15) is 14.9 Å². The smallest absolute Gasteiger partial charge is 0.312 e. The fourth-order valence-corrected chi connectivity index (χ4v) is 1.68. The predicted octanol–water partition coefficient (Wildman–Crippen LogP) is 2.13. The third kappa shape index (κ3) is 2.23. The molecular formula is C11H7ClN2O4. The highest BCUT2D eigenvalue weighted by Gasteiger charge is 2.25. The standard InChI is InChI=1S/C11H7ClN2O4/c12-6-9-8(11(15)18-13-9)5-7-3-1-2-4-10(7)14(16)17/h1-5H,6H2. The van der Waals surface area contributed by atoms with Crippen LogP contribution in [0.4, 0.5) is 5.69 Å². The number of benzene rings is 1. The molecule has 92 valence electrons. The number of hydrogen-bond donors (Lipinski definition) is 0. The molecule has 7 heteroatoms. The van der Waals surface area contributed by atoms with Gasteiger partial charge in [-0.25, -0.2) is 4.79 Å². The Morgan fingerprint density at radius 3 is 2.83 bits per heavy atom. The molecule has 0 atom stereocenters. The Morgan fingerprint density at radius 1 is 1.44 bits per heavy atom. The summed E-state index contributed by atoms with van der Waals surface area (Å²) >= 11 is 5.60. The third-order valence-corrected chi connectivity index (χ3v) is 2.58. The van der Waals surface area contributed by atoms with Gasteiger partial charge in [0.15, 0.2) is 0 Å². The molecule has 0 spiro atoms. The van der Waals surface area contributed by atoms with Crippen LogP contribution >= 0.6 is 11.6 Å². The second-order valence-electron chi connectivity index (χ2n) is 3.42. The summed E-state index contributed by atoms with van der Waals surface area (Å²) in [5.74, 6) is -0.665. The summed E-state index contributed by atoms with van der Waals surface area (Å²) in [6.45, 7) is 0. The molecule has 18 heavy (non-hydrogen) atoms. The highest BCUT2D eigenvalue weighted by molar-refractivity contribution is 6.38. The molecular weight excluding hydrogens is 260 g/mol. The van der Waals surface area contributed by atoms with Gasteiger partial charge in [-0.1, -0.05) is 17.3 Å². The normalized spacial score (nSPS) is 16.6. The van der Waals surface area contributed by atoms with Crippen molar-refractivity contribution in [3.05, 3.63) is 45.5 Å². The van der Waals surface area contributed by atoms with Crippen LogP contribution in [-0.2, 0) is 9.63 Å². The van der Waals surface area contributed by atoms with Crippen LogP contribution in [0, 0.1) is 10.1 Å². The predicted molar refractivity (Wildman–Crippen MR) is 65.3 cm³/mol. The van der Waals surface area contributed by atoms with Crippen LogP contribution in [0.3, 0.4) is 0 Å². The highest BCUT2D eigenvalue weighted by atomic mass is 35.5. The Hall–Kier alpha value is -2.21. The second kappa shape index (κ2) is 4.97. The summed E-state index contributed by atoms with van der Waals surface area (Å²) in [6, 6.07) is 6.06. The molecule has 2 rings (SSSR count). The molecule has 0 N–H and O–H groups in total. The van der Waals surface area contributed by atoms with E-state index < -0.39 is 10.9 Å². The minimum Gasteiger partial charge on any atom is -0.312 e. The summed E-state index contributed by atoms with van der Waals surface area (Å²) in [6.07, 6.45) is 1.36. The number of nitro benzene ring substituents is 1. The Bertz CT molecular complexity index is 580. The lowest BCUT2D eigenvalue weighted by Gasteiger charge is -1.98. The molecule has 0 saturated carbocycles. The lowest BCUT2D eigenvalue weighted by atomic mass is 10.1. The molecule has 1 aliphatic rings. The Kier molecular flexibility index (Phi) is 3.38. The Balaban J connectivity index is 2.48. The SMILES string of the molecule is O=C1ON=C(CCl)C1=Cc1ccccc1[N+](=O)[O-]. The molecule has 1 heterocycles. The first-order valence-corrected chi connectivity index (χ1v) is 5.46. The monoisotopic (exact) mass is 266 g/mol. The van der Waals surface area contributed by atoms with Crippen molar-refractivity contribution in [3.63, 3.8) is 0 Å². The van der Waals surface area contributed by atoms with Crippen molar-refractivity contribution >= 4 is 35.0 Å². The molecule has 0 aromatic heterocycles. The van der Waals surface area contributed by atoms with Gasteiger partial charge in [-0.05, 0) is 12.1 Å². The number of oxime groups is 1. The maximum atomic E-state index is 11.4. The summed E-state index contributed by atoms with van der Waals surface area (Å²) in [4.78, 5) is 26.2. The fourth-order valence-electron chi connectivity index (χ4n) is 1.48. The molecule has 0 saturated heterocycles. The van der Waals surface area contributed by atoms with Gasteiger partial charge in [-0.2, -0.15) is 0 Å². The van der Waals surface area contributed by atoms with Gasteiger partial charge in [0.05, 0.1) is 21.9 Å². The van der Waals surface area contributed by atoms with E-state index in [0.29, 0.717) is 5.56 Å². The first-order valence-electron chi connectivity index (χ1n) is 4.93. The molecule has 6 nitrogen and oxygen atoms in total. The minimum atomic E-state index is -0.663. The average Bonchev–Trinajstić information content (AvgIpc) is 2.71. The van der Waals surface area contributed by atoms with Crippen molar-refractivity contribution in [2.75, 3.05) is 5.88 Å². The second-order valence-corrected chi connectivity index (χ2v) is 3.69. The van der Waals surface area contributed by atoms with Crippen molar-refractivity contribution in [2.24, 2.45) is 5.16 Å². The van der Waals surface area contributed by atoms with Gasteiger partial charge in [0, 0.05) is 6.07 Å². The minimum absolute atomic E-state index is 0.00178. The summed E-state index contributed by atoms with van der Waals surface area (Å²) < 4.78 is 0. The van der Waals surface area contributed by atoms with Gasteiger partial charge in [0.2, 0.25) is 0 Å². The first-order chi connectivity index (χ1) is 8.63. The number of carbonyl (C=O) groups excluding carboxylic acids is 1. The number of hydrogen-bond acceptors (Lipinski definition) is 5. The Morgan fingerprint density at radius 2 is 2.17 bits per heavy atom. The lowest BCUT2D eigenvalue weighted by molar-refractivity contribution is -0.385. The van der Waals surface area contributed by atoms with E-state index in [4.69, 9.17) is 11.6 Å². The van der Waals surface area contributed by atoms with Crippen molar-refractivity contribution < 1.29 is 14.6 Å². The zero-order valence-corrected chi connectivity index (χ0v) is 9.76. The number of rotatable bonds is 3. The zero-order valence-electron chi connectivity index (χ0n) is 9.00. The number of nitro groups is 1. The maximum Gasteiger partial charge on any atom is 0.367 e. The van der Waals surface area contributed by atoms with Crippen LogP contribution in [0.25, 0.3) is 6.08 Å². The van der Waals surface area contributed by atoms with Crippen LogP contribution < -0.4 is 0 Å². The average molecular weight is 267 g/mol. The fraction of sp³-hybridized carbons (Fsp3) is 0.0909. The number of nitrogens with zero attached hydrogens (tertiary/aromatic N) is 2. The summed E-state index contributed by atoms with van der Waals surface area (Å²) in [7, 11) is 0. The van der Waals surface area contributed by atoms with E-state index in [1.807, 2.05) is 0 Å². The van der Waals surface area contributed by atoms with E-state index in [1.54, 1.807) is 12.1 Å². The largest absolute Gasteiger partial charge is 0.367 e. The lowest BCUT2D eigenvalue weighted by Crippen LogP contribution is -2.06. The van der Waals surface area contributed by atoms with Crippen LogP contribution in [0.15, 0.2) is 35.0 Å². The van der Waals surface area contributed by atoms with Gasteiger partial charge < -0.3 is 4.84 Å².